The summed E-state index contributed by atoms with van der Waals surface area (Å²) in [4.78, 5) is 0. The molecule has 0 saturated heterocycles. The van der Waals surface area contributed by atoms with Gasteiger partial charge in [0.2, 0.25) is 0 Å². The largest absolute Gasteiger partial charge is 0.309 e. The fraction of sp³-hybridized carbons (Fsp3) is 0.0769. The van der Waals surface area contributed by atoms with E-state index in [4.69, 9.17) is 0 Å². The quantitative estimate of drug-likeness (QED) is 0.185. The molecular formula is C39H25NS2. The van der Waals surface area contributed by atoms with Crippen molar-refractivity contribution in [1.82, 2.24) is 4.57 Å². The average Bonchev–Trinajstić information content (AvgIpc) is 3.74. The third-order valence-electron chi connectivity index (χ3n) is 9.58. The smallest absolute Gasteiger partial charge is 0.0641 e. The summed E-state index contributed by atoms with van der Waals surface area (Å²) in [6.07, 6.45) is 0. The molecule has 3 heterocycles. The lowest BCUT2D eigenvalue weighted by atomic mass is 9.82. The normalized spacial score (nSPS) is 14.1. The average molecular weight is 572 g/mol. The van der Waals surface area contributed by atoms with Crippen LogP contribution in [0.5, 0.6) is 0 Å². The van der Waals surface area contributed by atoms with E-state index in [1.54, 1.807) is 0 Å². The van der Waals surface area contributed by atoms with Crippen LogP contribution in [0.4, 0.5) is 0 Å². The molecule has 0 amide bonds. The second-order valence-electron chi connectivity index (χ2n) is 12.1. The van der Waals surface area contributed by atoms with Crippen LogP contribution < -0.4 is 0 Å². The van der Waals surface area contributed by atoms with Gasteiger partial charge in [-0.15, -0.1) is 22.7 Å². The fourth-order valence-corrected chi connectivity index (χ4v) is 10.3. The number of benzene rings is 6. The van der Waals surface area contributed by atoms with E-state index >= 15 is 0 Å². The Morgan fingerprint density at radius 3 is 1.90 bits per heavy atom. The predicted molar refractivity (Wildman–Crippen MR) is 184 cm³/mol. The first kappa shape index (κ1) is 23.2. The van der Waals surface area contributed by atoms with Crippen LogP contribution in [0.2, 0.25) is 0 Å². The monoisotopic (exact) mass is 571 g/mol. The lowest BCUT2D eigenvalue weighted by Gasteiger charge is -2.22. The summed E-state index contributed by atoms with van der Waals surface area (Å²) in [6.45, 7) is 4.75. The number of aromatic nitrogens is 1. The molecule has 10 rings (SSSR count). The van der Waals surface area contributed by atoms with E-state index in [1.165, 1.54) is 90.1 Å². The summed E-state index contributed by atoms with van der Waals surface area (Å²) in [5, 5.41) is 8.17. The highest BCUT2D eigenvalue weighted by atomic mass is 32.1. The summed E-state index contributed by atoms with van der Waals surface area (Å²) in [5.74, 6) is 0. The summed E-state index contributed by atoms with van der Waals surface area (Å²) < 4.78 is 8.08. The fourth-order valence-electron chi connectivity index (χ4n) is 7.72. The van der Waals surface area contributed by atoms with Crippen molar-refractivity contribution in [1.29, 1.82) is 0 Å². The minimum absolute atomic E-state index is 0.0536. The molecule has 0 N–H and O–H groups in total. The summed E-state index contributed by atoms with van der Waals surface area (Å²) in [6, 6.07) is 43.1. The van der Waals surface area contributed by atoms with Crippen molar-refractivity contribution in [3.8, 4) is 16.8 Å². The molecule has 0 aliphatic heterocycles. The van der Waals surface area contributed by atoms with E-state index in [9.17, 15) is 0 Å². The Morgan fingerprint density at radius 2 is 1.12 bits per heavy atom. The predicted octanol–water partition coefficient (Wildman–Crippen LogP) is 11.8. The maximum Gasteiger partial charge on any atom is 0.0641 e. The number of rotatable bonds is 1. The van der Waals surface area contributed by atoms with Crippen molar-refractivity contribution >= 4 is 84.8 Å². The zero-order chi connectivity index (χ0) is 27.7. The van der Waals surface area contributed by atoms with Gasteiger partial charge in [-0.25, -0.2) is 0 Å². The van der Waals surface area contributed by atoms with Crippen LogP contribution in [0.25, 0.3) is 79.0 Å². The van der Waals surface area contributed by atoms with Crippen LogP contribution in [0.15, 0.2) is 115 Å². The zero-order valence-electron chi connectivity index (χ0n) is 23.2. The van der Waals surface area contributed by atoms with Gasteiger partial charge >= 0.3 is 0 Å². The van der Waals surface area contributed by atoms with Crippen molar-refractivity contribution in [2.75, 3.05) is 0 Å². The number of hydrogen-bond donors (Lipinski definition) is 0. The molecule has 6 aromatic carbocycles. The molecule has 0 unspecified atom stereocenters. The SMILES string of the molecule is CC1(C)c2ccccc2-c2ccc(-n3c4ccccc4c4c5c6ccccc6sc5c5sc6ccccc6c5c43)cc21. The Kier molecular flexibility index (Phi) is 4.35. The van der Waals surface area contributed by atoms with Gasteiger partial charge < -0.3 is 4.57 Å². The van der Waals surface area contributed by atoms with Crippen LogP contribution >= 0.6 is 22.7 Å². The van der Waals surface area contributed by atoms with Gasteiger partial charge in [0.15, 0.2) is 0 Å². The number of thiophene rings is 2. The molecule has 0 radical (unpaired) electrons. The van der Waals surface area contributed by atoms with Gasteiger partial charge in [0.05, 0.1) is 20.4 Å². The molecule has 3 heteroatoms. The first-order chi connectivity index (χ1) is 20.6. The van der Waals surface area contributed by atoms with Crippen LogP contribution in [0.3, 0.4) is 0 Å². The Hall–Kier alpha value is -4.44. The van der Waals surface area contributed by atoms with E-state index in [0.29, 0.717) is 0 Å². The molecule has 0 spiro atoms. The first-order valence-corrected chi connectivity index (χ1v) is 16.2. The molecule has 1 aliphatic carbocycles. The highest BCUT2D eigenvalue weighted by Gasteiger charge is 2.35. The van der Waals surface area contributed by atoms with Crippen molar-refractivity contribution in [3.05, 3.63) is 126 Å². The lowest BCUT2D eigenvalue weighted by Crippen LogP contribution is -2.15. The molecule has 1 aliphatic rings. The maximum atomic E-state index is 2.57. The maximum absolute atomic E-state index is 2.57. The minimum Gasteiger partial charge on any atom is -0.309 e. The highest BCUT2D eigenvalue weighted by Crippen LogP contribution is 2.53. The molecular weight excluding hydrogens is 547 g/mol. The molecule has 3 aromatic heterocycles. The molecule has 1 nitrogen and oxygen atoms in total. The van der Waals surface area contributed by atoms with E-state index in [0.717, 1.165) is 0 Å². The van der Waals surface area contributed by atoms with E-state index < -0.39 is 0 Å². The summed E-state index contributed by atoms with van der Waals surface area (Å²) in [7, 11) is 0. The second-order valence-corrected chi connectivity index (χ2v) is 14.2. The molecule has 198 valence electrons. The highest BCUT2D eigenvalue weighted by molar-refractivity contribution is 7.33. The van der Waals surface area contributed by atoms with E-state index in [1.807, 2.05) is 22.7 Å². The van der Waals surface area contributed by atoms with Gasteiger partial charge in [-0.1, -0.05) is 98.8 Å². The number of nitrogens with zero attached hydrogens (tertiary/aromatic N) is 1. The van der Waals surface area contributed by atoms with Crippen molar-refractivity contribution in [2.45, 2.75) is 19.3 Å². The summed E-state index contributed by atoms with van der Waals surface area (Å²) >= 11 is 3.89. The van der Waals surface area contributed by atoms with Gasteiger partial charge in [0.1, 0.15) is 0 Å². The first-order valence-electron chi connectivity index (χ1n) is 14.5. The van der Waals surface area contributed by atoms with Gasteiger partial charge in [-0.2, -0.15) is 0 Å². The van der Waals surface area contributed by atoms with Crippen LogP contribution in [-0.4, -0.2) is 4.57 Å². The molecule has 9 aromatic rings. The second kappa shape index (κ2) is 7.89. The molecule has 0 fully saturated rings. The third-order valence-corrected chi connectivity index (χ3v) is 12.1. The summed E-state index contributed by atoms with van der Waals surface area (Å²) in [5.41, 5.74) is 9.31. The molecule has 0 atom stereocenters. The topological polar surface area (TPSA) is 4.93 Å². The van der Waals surface area contributed by atoms with Gasteiger partial charge in [0.25, 0.3) is 0 Å². The Balaban J connectivity index is 1.45. The minimum atomic E-state index is -0.0536. The number of fused-ring (bicyclic) bond motifs is 15. The Labute approximate surface area is 250 Å². The van der Waals surface area contributed by atoms with Crippen LogP contribution in [0.1, 0.15) is 25.0 Å². The van der Waals surface area contributed by atoms with Crippen LogP contribution in [0, 0.1) is 0 Å². The van der Waals surface area contributed by atoms with E-state index in [2.05, 4.69) is 134 Å². The molecule has 42 heavy (non-hydrogen) atoms. The number of hydrogen-bond acceptors (Lipinski definition) is 2. The zero-order valence-corrected chi connectivity index (χ0v) is 24.9. The Bertz CT molecular complexity index is 2610. The molecule has 0 saturated carbocycles. The van der Waals surface area contributed by atoms with Crippen molar-refractivity contribution < 1.29 is 0 Å². The van der Waals surface area contributed by atoms with E-state index in [-0.39, 0.29) is 5.41 Å². The van der Waals surface area contributed by atoms with Gasteiger partial charge in [0, 0.05) is 52.8 Å². The Morgan fingerprint density at radius 1 is 0.524 bits per heavy atom. The van der Waals surface area contributed by atoms with Gasteiger partial charge in [-0.05, 0) is 52.6 Å². The molecule has 0 bridgehead atoms. The van der Waals surface area contributed by atoms with Crippen molar-refractivity contribution in [3.63, 3.8) is 0 Å². The van der Waals surface area contributed by atoms with Crippen LogP contribution in [-0.2, 0) is 5.41 Å². The van der Waals surface area contributed by atoms with Gasteiger partial charge in [-0.3, -0.25) is 0 Å². The van der Waals surface area contributed by atoms with Crippen molar-refractivity contribution in [2.24, 2.45) is 0 Å². The lowest BCUT2D eigenvalue weighted by molar-refractivity contribution is 0.660. The standard InChI is InChI=1S/C39H25NS2/c1-39(2)28-15-7-3-11-23(28)24-20-19-22(21-29(24)39)40-30-16-8-4-12-25(30)33-34-26-13-5-9-17-31(26)41-37(34)38-35(36(33)40)27-14-6-10-18-32(27)42-38/h3-21H,1-2H3. The third kappa shape index (κ3) is 2.74. The number of para-hydroxylation sites is 1.